The molecule has 5 fully saturated rings. The van der Waals surface area contributed by atoms with E-state index in [1.165, 1.54) is 26.2 Å². The molecule has 32 heavy (non-hydrogen) atoms. The third-order valence-corrected chi connectivity index (χ3v) is 8.43. The van der Waals surface area contributed by atoms with Crippen molar-refractivity contribution in [3.05, 3.63) is 35.4 Å². The molecule has 1 aromatic carbocycles. The number of imide groups is 1. The molecule has 5 aliphatic rings. The predicted molar refractivity (Wildman–Crippen MR) is 112 cm³/mol. The second kappa shape index (κ2) is 7.25. The van der Waals surface area contributed by atoms with E-state index in [1.54, 1.807) is 0 Å². The topological polar surface area (TPSA) is 78.5 Å². The molecule has 172 valence electrons. The van der Waals surface area contributed by atoms with Gasteiger partial charge in [0.15, 0.2) is 0 Å². The Bertz CT molecular complexity index is 961. The van der Waals surface area contributed by atoms with Crippen LogP contribution in [-0.4, -0.2) is 35.3 Å². The Hall–Kier alpha value is -2.51. The average molecular weight is 446 g/mol. The second-order valence-corrected chi connectivity index (χ2v) is 10.6. The van der Waals surface area contributed by atoms with Crippen LogP contribution < -0.4 is 10.6 Å². The first kappa shape index (κ1) is 21.3. The molecule has 0 radical (unpaired) electrons. The van der Waals surface area contributed by atoms with E-state index in [-0.39, 0.29) is 17.0 Å². The summed E-state index contributed by atoms with van der Waals surface area (Å²) in [4.78, 5) is 39.2. The van der Waals surface area contributed by atoms with E-state index in [1.807, 2.05) is 6.92 Å². The molecular formula is C24H29F2N3O3. The van der Waals surface area contributed by atoms with E-state index in [9.17, 15) is 23.2 Å². The summed E-state index contributed by atoms with van der Waals surface area (Å²) in [6.07, 6.45) is 7.29. The average Bonchev–Trinajstić information content (AvgIpc) is 2.92. The quantitative estimate of drug-likeness (QED) is 0.682. The third-order valence-electron chi connectivity index (χ3n) is 8.43. The van der Waals surface area contributed by atoms with Crippen molar-refractivity contribution < 1.29 is 23.2 Å². The number of urea groups is 1. The molecule has 1 aliphatic heterocycles. The molecule has 1 heterocycles. The fraction of sp³-hybridized carbons (Fsp3) is 0.625. The summed E-state index contributed by atoms with van der Waals surface area (Å²) >= 11 is 0. The molecule has 0 spiro atoms. The Balaban J connectivity index is 1.28. The molecule has 1 aromatic rings. The van der Waals surface area contributed by atoms with Gasteiger partial charge in [-0.05, 0) is 93.7 Å². The largest absolute Gasteiger partial charge is 0.352 e. The fourth-order valence-electron chi connectivity index (χ4n) is 7.20. The molecule has 4 saturated carbocycles. The number of hydrogen-bond acceptors (Lipinski definition) is 3. The van der Waals surface area contributed by atoms with Gasteiger partial charge in [0.1, 0.15) is 23.7 Å². The van der Waals surface area contributed by atoms with Gasteiger partial charge in [-0.25, -0.2) is 13.6 Å². The summed E-state index contributed by atoms with van der Waals surface area (Å²) in [5.74, 6) is -0.477. The van der Waals surface area contributed by atoms with Gasteiger partial charge < -0.3 is 10.6 Å². The van der Waals surface area contributed by atoms with Crippen LogP contribution in [0.1, 0.15) is 57.9 Å². The number of benzene rings is 1. The van der Waals surface area contributed by atoms with Crippen LogP contribution in [0.5, 0.6) is 0 Å². The second-order valence-electron chi connectivity index (χ2n) is 10.6. The van der Waals surface area contributed by atoms with Crippen LogP contribution in [0.4, 0.5) is 13.6 Å². The lowest BCUT2D eigenvalue weighted by Gasteiger charge is -2.59. The lowest BCUT2D eigenvalue weighted by Crippen LogP contribution is -2.57. The first-order valence-electron chi connectivity index (χ1n) is 11.5. The maximum absolute atomic E-state index is 14.3. The number of nitrogens with one attached hydrogen (secondary N) is 2. The van der Waals surface area contributed by atoms with E-state index in [2.05, 4.69) is 10.6 Å². The number of carbonyl (C=O) groups is 3. The highest BCUT2D eigenvalue weighted by Crippen LogP contribution is 2.61. The molecule has 6 rings (SSSR count). The molecule has 6 nitrogen and oxygen atoms in total. The van der Waals surface area contributed by atoms with Gasteiger partial charge in [0.05, 0.1) is 0 Å². The SMILES string of the molecule is CC(NC(=O)CN1C(=O)NC(C)(c2cc(F)ccc2F)C1=O)C12CC3CC(CC(C3)C1)C2. The maximum atomic E-state index is 14.3. The highest BCUT2D eigenvalue weighted by atomic mass is 19.1. The molecule has 2 unspecified atom stereocenters. The summed E-state index contributed by atoms with van der Waals surface area (Å²) < 4.78 is 28.0. The van der Waals surface area contributed by atoms with Gasteiger partial charge in [0.25, 0.3) is 5.91 Å². The molecule has 2 atom stereocenters. The Morgan fingerprint density at radius 3 is 2.34 bits per heavy atom. The zero-order valence-electron chi connectivity index (χ0n) is 18.4. The van der Waals surface area contributed by atoms with E-state index in [0.29, 0.717) is 0 Å². The molecule has 4 amide bonds. The Kier molecular flexibility index (Phi) is 4.84. The van der Waals surface area contributed by atoms with Crippen molar-refractivity contribution in [3.8, 4) is 0 Å². The van der Waals surface area contributed by atoms with Crippen molar-refractivity contribution in [2.45, 2.75) is 64.0 Å². The minimum atomic E-state index is -1.77. The summed E-state index contributed by atoms with van der Waals surface area (Å²) in [6, 6.07) is 1.92. The summed E-state index contributed by atoms with van der Waals surface area (Å²) in [5.41, 5.74) is -1.93. The molecule has 4 aliphatic carbocycles. The molecule has 8 heteroatoms. The smallest absolute Gasteiger partial charge is 0.325 e. The lowest BCUT2D eigenvalue weighted by molar-refractivity contribution is -0.136. The van der Waals surface area contributed by atoms with Crippen LogP contribution in [0, 0.1) is 34.8 Å². The summed E-state index contributed by atoms with van der Waals surface area (Å²) in [5, 5.41) is 5.48. The van der Waals surface area contributed by atoms with Gasteiger partial charge in [-0.3, -0.25) is 14.5 Å². The number of rotatable bonds is 5. The van der Waals surface area contributed by atoms with Crippen LogP contribution in [-0.2, 0) is 15.1 Å². The Labute approximate surface area is 186 Å². The molecule has 2 N–H and O–H groups in total. The van der Waals surface area contributed by atoms with Crippen LogP contribution in [0.3, 0.4) is 0 Å². The zero-order chi connectivity index (χ0) is 22.8. The molecule has 0 aromatic heterocycles. The van der Waals surface area contributed by atoms with Gasteiger partial charge >= 0.3 is 6.03 Å². The Morgan fingerprint density at radius 2 is 1.75 bits per heavy atom. The van der Waals surface area contributed by atoms with Crippen molar-refractivity contribution in [2.75, 3.05) is 6.54 Å². The number of hydrogen-bond donors (Lipinski definition) is 2. The summed E-state index contributed by atoms with van der Waals surface area (Å²) in [6.45, 7) is 2.90. The number of amides is 4. The third kappa shape index (κ3) is 3.30. The van der Waals surface area contributed by atoms with Crippen molar-refractivity contribution in [2.24, 2.45) is 23.2 Å². The number of nitrogens with zero attached hydrogens (tertiary/aromatic N) is 1. The highest BCUT2D eigenvalue weighted by molar-refractivity contribution is 6.09. The van der Waals surface area contributed by atoms with E-state index in [0.717, 1.165) is 60.1 Å². The van der Waals surface area contributed by atoms with Crippen molar-refractivity contribution in [1.82, 2.24) is 15.5 Å². The van der Waals surface area contributed by atoms with Gasteiger partial charge in [-0.1, -0.05) is 0 Å². The van der Waals surface area contributed by atoms with Gasteiger partial charge in [-0.2, -0.15) is 0 Å². The highest BCUT2D eigenvalue weighted by Gasteiger charge is 2.54. The number of halogens is 2. The van der Waals surface area contributed by atoms with Gasteiger partial charge in [-0.15, -0.1) is 0 Å². The maximum Gasteiger partial charge on any atom is 0.325 e. The van der Waals surface area contributed by atoms with Crippen LogP contribution >= 0.6 is 0 Å². The van der Waals surface area contributed by atoms with E-state index in [4.69, 9.17) is 0 Å². The molecular weight excluding hydrogens is 416 g/mol. The van der Waals surface area contributed by atoms with Crippen molar-refractivity contribution in [3.63, 3.8) is 0 Å². The van der Waals surface area contributed by atoms with E-state index >= 15 is 0 Å². The first-order chi connectivity index (χ1) is 15.1. The van der Waals surface area contributed by atoms with E-state index < -0.39 is 41.6 Å². The van der Waals surface area contributed by atoms with Crippen molar-refractivity contribution >= 4 is 17.8 Å². The van der Waals surface area contributed by atoms with Crippen LogP contribution in [0.2, 0.25) is 0 Å². The van der Waals surface area contributed by atoms with Crippen molar-refractivity contribution in [1.29, 1.82) is 0 Å². The normalized spacial score (nSPS) is 36.4. The summed E-state index contributed by atoms with van der Waals surface area (Å²) in [7, 11) is 0. The zero-order valence-corrected chi connectivity index (χ0v) is 18.4. The first-order valence-corrected chi connectivity index (χ1v) is 11.5. The fourth-order valence-corrected chi connectivity index (χ4v) is 7.20. The minimum Gasteiger partial charge on any atom is -0.352 e. The van der Waals surface area contributed by atoms with Gasteiger partial charge in [0, 0.05) is 11.6 Å². The number of carbonyl (C=O) groups excluding carboxylic acids is 3. The standard InChI is InChI=1S/C24H29F2N3O3/c1-13(24-9-14-5-15(10-24)7-16(6-14)11-24)27-20(30)12-29-21(31)23(2,28-22(29)32)18-8-17(25)3-4-19(18)26/h3-4,8,13-16H,5-7,9-12H2,1-2H3,(H,27,30)(H,28,32). The lowest BCUT2D eigenvalue weighted by atomic mass is 9.48. The predicted octanol–water partition coefficient (Wildman–Crippen LogP) is 3.45. The monoisotopic (exact) mass is 445 g/mol. The van der Waals surface area contributed by atoms with Crippen LogP contribution in [0.25, 0.3) is 0 Å². The molecule has 4 bridgehead atoms. The minimum absolute atomic E-state index is 0.0452. The van der Waals surface area contributed by atoms with Crippen LogP contribution in [0.15, 0.2) is 18.2 Å². The van der Waals surface area contributed by atoms with Gasteiger partial charge in [0.2, 0.25) is 5.91 Å². The Morgan fingerprint density at radius 1 is 1.16 bits per heavy atom. The molecule has 1 saturated heterocycles.